The van der Waals surface area contributed by atoms with E-state index in [1.807, 2.05) is 6.92 Å². The number of rotatable bonds is 5. The summed E-state index contributed by atoms with van der Waals surface area (Å²) in [4.78, 5) is 27.4. The third kappa shape index (κ3) is 5.52. The molecule has 1 aromatic carbocycles. The minimum Gasteiger partial charge on any atom is -0.347 e. The Balaban J connectivity index is 1.85. The Morgan fingerprint density at radius 2 is 2.03 bits per heavy atom. The molecular formula is C22H27F3N4O2. The van der Waals surface area contributed by atoms with Gasteiger partial charge >= 0.3 is 6.18 Å². The summed E-state index contributed by atoms with van der Waals surface area (Å²) in [6.45, 7) is 8.03. The van der Waals surface area contributed by atoms with Crippen LogP contribution in [-0.4, -0.2) is 46.3 Å². The number of aryl methyl sites for hydroxylation is 1. The number of piperidine rings is 1. The molecule has 0 saturated carbocycles. The fourth-order valence-corrected chi connectivity index (χ4v) is 4.02. The Bertz CT molecular complexity index is 1000. The lowest BCUT2D eigenvalue weighted by atomic mass is 10.00. The average Bonchev–Trinajstić information content (AvgIpc) is 2.67. The number of aromatic nitrogens is 2. The van der Waals surface area contributed by atoms with Gasteiger partial charge in [-0.05, 0) is 51.3 Å². The van der Waals surface area contributed by atoms with E-state index in [9.17, 15) is 22.8 Å². The summed E-state index contributed by atoms with van der Waals surface area (Å²) >= 11 is 0. The minimum absolute atomic E-state index is 0.202. The predicted molar refractivity (Wildman–Crippen MR) is 111 cm³/mol. The highest BCUT2D eigenvalue weighted by molar-refractivity contribution is 5.92. The van der Waals surface area contributed by atoms with Crippen molar-refractivity contribution in [3.05, 3.63) is 57.5 Å². The van der Waals surface area contributed by atoms with Crippen molar-refractivity contribution in [1.29, 1.82) is 0 Å². The molecule has 1 aliphatic heterocycles. The number of nitrogens with zero attached hydrogens (tertiary/aromatic N) is 3. The number of halogens is 3. The standard InChI is InChI=1S/C22H27F3N4O2/c1-14-7-6-10-28(12-14)13-15(2)26-21(31)20-19(30)11-16(3)29(27-20)18-9-5-4-8-17(18)22(23,24)25/h4-5,8-9,11,14-15H,6-7,10,12-13H2,1-3H3,(H,26,31). The molecule has 2 unspecified atom stereocenters. The molecule has 6 nitrogen and oxygen atoms in total. The summed E-state index contributed by atoms with van der Waals surface area (Å²) in [5, 5.41) is 6.77. The Labute approximate surface area is 179 Å². The Morgan fingerprint density at radius 3 is 2.71 bits per heavy atom. The van der Waals surface area contributed by atoms with Crippen molar-refractivity contribution in [3.63, 3.8) is 0 Å². The van der Waals surface area contributed by atoms with Crippen LogP contribution >= 0.6 is 0 Å². The van der Waals surface area contributed by atoms with Crippen LogP contribution in [0.1, 0.15) is 48.4 Å². The van der Waals surface area contributed by atoms with Gasteiger partial charge in [0.05, 0.1) is 11.3 Å². The molecule has 2 heterocycles. The number of hydrogen-bond donors (Lipinski definition) is 1. The number of nitrogens with one attached hydrogen (secondary N) is 1. The Morgan fingerprint density at radius 1 is 1.32 bits per heavy atom. The number of carbonyl (C=O) groups is 1. The van der Waals surface area contributed by atoms with Crippen molar-refractivity contribution in [2.24, 2.45) is 5.92 Å². The van der Waals surface area contributed by atoms with Crippen LogP contribution in [-0.2, 0) is 6.18 Å². The molecule has 0 spiro atoms. The molecule has 1 saturated heterocycles. The summed E-state index contributed by atoms with van der Waals surface area (Å²) in [6.07, 6.45) is -2.31. The molecule has 31 heavy (non-hydrogen) atoms. The van der Waals surface area contributed by atoms with E-state index in [2.05, 4.69) is 22.2 Å². The van der Waals surface area contributed by atoms with Gasteiger partial charge in [0.1, 0.15) is 0 Å². The molecule has 2 aromatic rings. The van der Waals surface area contributed by atoms with Crippen LogP contribution in [0.2, 0.25) is 0 Å². The molecule has 0 bridgehead atoms. The third-order valence-corrected chi connectivity index (χ3v) is 5.41. The first kappa shape index (κ1) is 23.0. The molecule has 3 rings (SSSR count). The normalized spacial score (nSPS) is 18.6. The number of amides is 1. The van der Waals surface area contributed by atoms with Crippen LogP contribution < -0.4 is 10.7 Å². The van der Waals surface area contributed by atoms with Crippen molar-refractivity contribution < 1.29 is 18.0 Å². The van der Waals surface area contributed by atoms with E-state index in [0.29, 0.717) is 12.5 Å². The lowest BCUT2D eigenvalue weighted by molar-refractivity contribution is -0.137. The molecule has 1 N–H and O–H groups in total. The van der Waals surface area contributed by atoms with Crippen LogP contribution in [0.4, 0.5) is 13.2 Å². The van der Waals surface area contributed by atoms with Crippen molar-refractivity contribution in [2.45, 2.75) is 45.8 Å². The van der Waals surface area contributed by atoms with E-state index < -0.39 is 28.8 Å². The fraction of sp³-hybridized carbons (Fsp3) is 0.500. The van der Waals surface area contributed by atoms with E-state index in [-0.39, 0.29) is 17.4 Å². The molecule has 0 aliphatic carbocycles. The van der Waals surface area contributed by atoms with Crippen molar-refractivity contribution in [2.75, 3.05) is 19.6 Å². The summed E-state index contributed by atoms with van der Waals surface area (Å²) in [5.41, 5.74) is -1.99. The zero-order chi connectivity index (χ0) is 22.8. The molecule has 0 radical (unpaired) electrons. The van der Waals surface area contributed by atoms with E-state index >= 15 is 0 Å². The van der Waals surface area contributed by atoms with Gasteiger partial charge in [-0.2, -0.15) is 18.3 Å². The Hall–Kier alpha value is -2.68. The average molecular weight is 436 g/mol. The van der Waals surface area contributed by atoms with Gasteiger partial charge in [-0.3, -0.25) is 9.59 Å². The second kappa shape index (κ2) is 9.21. The number of benzene rings is 1. The van der Waals surface area contributed by atoms with Crippen molar-refractivity contribution in [1.82, 2.24) is 20.0 Å². The van der Waals surface area contributed by atoms with Gasteiger partial charge in [0, 0.05) is 30.9 Å². The predicted octanol–water partition coefficient (Wildman–Crippen LogP) is 3.41. The molecule has 1 fully saturated rings. The van der Waals surface area contributed by atoms with Crippen LogP contribution in [0.25, 0.3) is 5.69 Å². The number of hydrogen-bond acceptors (Lipinski definition) is 4. The van der Waals surface area contributed by atoms with Gasteiger partial charge in [-0.25, -0.2) is 4.68 Å². The van der Waals surface area contributed by atoms with E-state index in [0.717, 1.165) is 36.3 Å². The number of alkyl halides is 3. The molecule has 1 aromatic heterocycles. The van der Waals surface area contributed by atoms with Crippen LogP contribution in [0.5, 0.6) is 0 Å². The number of carbonyl (C=O) groups excluding carboxylic acids is 1. The summed E-state index contributed by atoms with van der Waals surface area (Å²) in [5.74, 6) is -0.0999. The van der Waals surface area contributed by atoms with Gasteiger partial charge in [-0.15, -0.1) is 0 Å². The maximum Gasteiger partial charge on any atom is 0.418 e. The van der Waals surface area contributed by atoms with Crippen molar-refractivity contribution >= 4 is 5.91 Å². The monoisotopic (exact) mass is 436 g/mol. The maximum atomic E-state index is 13.4. The van der Waals surface area contributed by atoms with Gasteiger partial charge in [0.25, 0.3) is 5.91 Å². The zero-order valence-corrected chi connectivity index (χ0v) is 17.9. The smallest absolute Gasteiger partial charge is 0.347 e. The minimum atomic E-state index is -4.60. The highest BCUT2D eigenvalue weighted by atomic mass is 19.4. The van der Waals surface area contributed by atoms with E-state index in [4.69, 9.17) is 0 Å². The van der Waals surface area contributed by atoms with E-state index in [1.165, 1.54) is 31.5 Å². The maximum absolute atomic E-state index is 13.4. The molecule has 1 aliphatic rings. The first-order valence-electron chi connectivity index (χ1n) is 10.4. The Kier molecular flexibility index (Phi) is 6.83. The highest BCUT2D eigenvalue weighted by Crippen LogP contribution is 2.33. The second-order valence-corrected chi connectivity index (χ2v) is 8.31. The van der Waals surface area contributed by atoms with Gasteiger partial charge in [0.15, 0.2) is 5.69 Å². The third-order valence-electron chi connectivity index (χ3n) is 5.41. The number of likely N-dealkylation sites (tertiary alicyclic amines) is 1. The molecular weight excluding hydrogens is 409 g/mol. The van der Waals surface area contributed by atoms with Gasteiger partial charge < -0.3 is 10.2 Å². The van der Waals surface area contributed by atoms with Crippen LogP contribution in [0, 0.1) is 12.8 Å². The lowest BCUT2D eigenvalue weighted by Crippen LogP contribution is -2.46. The highest BCUT2D eigenvalue weighted by Gasteiger charge is 2.34. The van der Waals surface area contributed by atoms with E-state index in [1.54, 1.807) is 0 Å². The lowest BCUT2D eigenvalue weighted by Gasteiger charge is -2.32. The molecule has 9 heteroatoms. The summed E-state index contributed by atoms with van der Waals surface area (Å²) < 4.78 is 41.3. The quantitative estimate of drug-likeness (QED) is 0.780. The van der Waals surface area contributed by atoms with Gasteiger partial charge in [0.2, 0.25) is 5.43 Å². The van der Waals surface area contributed by atoms with Crippen LogP contribution in [0.3, 0.4) is 0 Å². The molecule has 2 atom stereocenters. The number of para-hydroxylation sites is 1. The fourth-order valence-electron chi connectivity index (χ4n) is 4.02. The summed E-state index contributed by atoms with van der Waals surface area (Å²) in [6, 6.07) is 5.82. The van der Waals surface area contributed by atoms with Gasteiger partial charge in [-0.1, -0.05) is 19.1 Å². The first-order valence-corrected chi connectivity index (χ1v) is 10.4. The molecule has 168 valence electrons. The first-order chi connectivity index (χ1) is 14.6. The largest absolute Gasteiger partial charge is 0.418 e. The van der Waals surface area contributed by atoms with Crippen molar-refractivity contribution in [3.8, 4) is 5.69 Å². The summed E-state index contributed by atoms with van der Waals surface area (Å²) in [7, 11) is 0. The van der Waals surface area contributed by atoms with Crippen LogP contribution in [0.15, 0.2) is 35.1 Å². The zero-order valence-electron chi connectivity index (χ0n) is 17.9. The topological polar surface area (TPSA) is 67.2 Å². The molecule has 1 amide bonds. The second-order valence-electron chi connectivity index (χ2n) is 8.31. The SMILES string of the molecule is Cc1cc(=O)c(C(=O)NC(C)CN2CCCC(C)C2)nn1-c1ccccc1C(F)(F)F.